The molecule has 0 radical (unpaired) electrons. The highest BCUT2D eigenvalue weighted by molar-refractivity contribution is 6.04. The van der Waals surface area contributed by atoms with Gasteiger partial charge in [0.05, 0.1) is 12.6 Å². The van der Waals surface area contributed by atoms with Crippen LogP contribution in [0.15, 0.2) is 48.8 Å². The van der Waals surface area contributed by atoms with Gasteiger partial charge in [0.1, 0.15) is 0 Å². The third kappa shape index (κ3) is 8.77. The first-order valence-electron chi connectivity index (χ1n) is 8.97. The van der Waals surface area contributed by atoms with Crippen LogP contribution in [0.1, 0.15) is 29.8 Å². The second-order valence-electron chi connectivity index (χ2n) is 6.65. The summed E-state index contributed by atoms with van der Waals surface area (Å²) in [5, 5.41) is 8.00. The molecule has 1 aromatic carbocycles. The van der Waals surface area contributed by atoms with Crippen molar-refractivity contribution in [1.82, 2.24) is 15.6 Å². The molecular weight excluding hydrogens is 429 g/mol. The van der Waals surface area contributed by atoms with Gasteiger partial charge >= 0.3 is 0 Å². The van der Waals surface area contributed by atoms with E-state index in [4.69, 9.17) is 5.73 Å². The fraction of sp³-hybridized carbons (Fsp3) is 0.300. The van der Waals surface area contributed by atoms with Gasteiger partial charge in [0, 0.05) is 30.2 Å². The van der Waals surface area contributed by atoms with Gasteiger partial charge in [-0.25, -0.2) is 0 Å². The summed E-state index contributed by atoms with van der Waals surface area (Å²) < 4.78 is 0. The van der Waals surface area contributed by atoms with Gasteiger partial charge in [-0.05, 0) is 35.7 Å². The first-order chi connectivity index (χ1) is 13.4. The number of hydrogen-bond acceptors (Lipinski definition) is 5. The smallest absolute Gasteiger partial charge is 0.255 e. The van der Waals surface area contributed by atoms with Crippen LogP contribution in [0.25, 0.3) is 0 Å². The highest BCUT2D eigenvalue weighted by Crippen LogP contribution is 2.09. The molecule has 0 aliphatic rings. The summed E-state index contributed by atoms with van der Waals surface area (Å²) >= 11 is 0. The number of halogens is 2. The Morgan fingerprint density at radius 3 is 2.13 bits per heavy atom. The van der Waals surface area contributed by atoms with Gasteiger partial charge in [0.15, 0.2) is 0 Å². The summed E-state index contributed by atoms with van der Waals surface area (Å²) in [6.45, 7) is 3.83. The molecule has 8 nitrogen and oxygen atoms in total. The Hall–Kier alpha value is -2.68. The molecule has 2 rings (SSSR count). The lowest BCUT2D eigenvalue weighted by atomic mass is 10.1. The van der Waals surface area contributed by atoms with Gasteiger partial charge in [0.2, 0.25) is 11.8 Å². The molecule has 0 fully saturated rings. The van der Waals surface area contributed by atoms with Crippen molar-refractivity contribution >= 4 is 48.2 Å². The Morgan fingerprint density at radius 2 is 1.57 bits per heavy atom. The van der Waals surface area contributed by atoms with E-state index in [2.05, 4.69) is 20.9 Å². The number of anilines is 1. The molecule has 30 heavy (non-hydrogen) atoms. The fourth-order valence-electron chi connectivity index (χ4n) is 2.26. The first-order valence-corrected chi connectivity index (χ1v) is 8.97. The van der Waals surface area contributed by atoms with Gasteiger partial charge < -0.3 is 21.7 Å². The Kier molecular flexibility index (Phi) is 12.3. The van der Waals surface area contributed by atoms with E-state index in [0.717, 1.165) is 5.56 Å². The number of benzene rings is 1. The number of amides is 3. The number of nitrogens with zero attached hydrogens (tertiary/aromatic N) is 1. The summed E-state index contributed by atoms with van der Waals surface area (Å²) in [5.41, 5.74) is 7.72. The molecule has 10 heteroatoms. The highest BCUT2D eigenvalue weighted by Gasteiger charge is 2.17. The maximum absolute atomic E-state index is 12.2. The predicted molar refractivity (Wildman–Crippen MR) is 121 cm³/mol. The van der Waals surface area contributed by atoms with Crippen LogP contribution in [0.4, 0.5) is 5.69 Å². The lowest BCUT2D eigenvalue weighted by Gasteiger charge is -2.15. The van der Waals surface area contributed by atoms with Crippen molar-refractivity contribution in [2.24, 2.45) is 11.7 Å². The Bertz CT molecular complexity index is 817. The predicted octanol–water partition coefficient (Wildman–Crippen LogP) is 1.89. The lowest BCUT2D eigenvalue weighted by molar-refractivity contribution is -0.127. The van der Waals surface area contributed by atoms with Crippen LogP contribution in [0.5, 0.6) is 0 Å². The molecule has 0 saturated carbocycles. The minimum Gasteiger partial charge on any atom is -0.350 e. The Labute approximate surface area is 188 Å². The van der Waals surface area contributed by atoms with Crippen LogP contribution in [0, 0.1) is 5.92 Å². The zero-order chi connectivity index (χ0) is 20.5. The van der Waals surface area contributed by atoms with Crippen molar-refractivity contribution in [2.45, 2.75) is 26.4 Å². The number of carbonyl (C=O) groups excluding carboxylic acids is 3. The van der Waals surface area contributed by atoms with E-state index in [-0.39, 0.29) is 61.5 Å². The summed E-state index contributed by atoms with van der Waals surface area (Å²) in [5.74, 6) is -0.901. The molecule has 1 heterocycles. The normalized spacial score (nSPS) is 10.8. The van der Waals surface area contributed by atoms with Crippen molar-refractivity contribution in [3.8, 4) is 0 Å². The second kappa shape index (κ2) is 13.5. The van der Waals surface area contributed by atoms with Gasteiger partial charge in [-0.1, -0.05) is 26.0 Å². The largest absolute Gasteiger partial charge is 0.350 e. The van der Waals surface area contributed by atoms with Crippen LogP contribution in [0.3, 0.4) is 0 Å². The summed E-state index contributed by atoms with van der Waals surface area (Å²) in [7, 11) is 0. The van der Waals surface area contributed by atoms with E-state index in [1.54, 1.807) is 48.8 Å². The van der Waals surface area contributed by atoms with E-state index in [1.165, 1.54) is 0 Å². The minimum absolute atomic E-state index is 0. The minimum atomic E-state index is -0.640. The van der Waals surface area contributed by atoms with E-state index in [9.17, 15) is 14.4 Å². The topological polar surface area (TPSA) is 126 Å². The van der Waals surface area contributed by atoms with Crippen LogP contribution < -0.4 is 21.7 Å². The van der Waals surface area contributed by atoms with Crippen molar-refractivity contribution in [1.29, 1.82) is 0 Å². The van der Waals surface area contributed by atoms with Crippen LogP contribution in [0.2, 0.25) is 0 Å². The fourth-order valence-corrected chi connectivity index (χ4v) is 2.26. The molecule has 1 aromatic heterocycles. The maximum Gasteiger partial charge on any atom is 0.255 e. The molecular formula is C20H27Cl2N5O3. The van der Waals surface area contributed by atoms with Crippen LogP contribution in [-0.4, -0.2) is 35.3 Å². The first kappa shape index (κ1) is 27.3. The molecule has 0 bridgehead atoms. The molecule has 0 aliphatic carbocycles. The molecule has 3 amide bonds. The van der Waals surface area contributed by atoms with Crippen molar-refractivity contribution in [2.75, 3.05) is 11.9 Å². The standard InChI is InChI=1S/C20H25N5O3.2ClH/c1-13(2)18(21)20(28)24-12-17(26)23-11-14-3-5-15(6-4-14)19(27)25-16-7-9-22-10-8-16;;/h3-10,13,18H,11-12,21H2,1-2H3,(H,23,26)(H,24,28)(H,22,25,27);2*1H/t18-;;/m0../s1. The van der Waals surface area contributed by atoms with Gasteiger partial charge in [-0.3, -0.25) is 19.4 Å². The molecule has 2 aromatic rings. The van der Waals surface area contributed by atoms with Crippen molar-refractivity contribution in [3.63, 3.8) is 0 Å². The van der Waals surface area contributed by atoms with E-state index in [1.807, 2.05) is 13.8 Å². The molecule has 164 valence electrons. The Balaban J connectivity index is 0.00000420. The average Bonchev–Trinajstić information content (AvgIpc) is 2.70. The van der Waals surface area contributed by atoms with E-state index >= 15 is 0 Å². The SMILES string of the molecule is CC(C)[C@H](N)C(=O)NCC(=O)NCc1ccc(C(=O)Nc2ccncc2)cc1.Cl.Cl. The molecule has 5 N–H and O–H groups in total. The Morgan fingerprint density at radius 1 is 0.967 bits per heavy atom. The number of pyridine rings is 1. The van der Waals surface area contributed by atoms with E-state index in [0.29, 0.717) is 11.3 Å². The molecule has 0 spiro atoms. The molecule has 0 aliphatic heterocycles. The quantitative estimate of drug-likeness (QED) is 0.483. The van der Waals surface area contributed by atoms with Crippen LogP contribution in [-0.2, 0) is 16.1 Å². The molecule has 0 unspecified atom stereocenters. The number of nitrogens with two attached hydrogens (primary N) is 1. The third-order valence-corrected chi connectivity index (χ3v) is 4.09. The summed E-state index contributed by atoms with van der Waals surface area (Å²) in [6, 6.07) is 9.65. The number of hydrogen-bond donors (Lipinski definition) is 4. The number of rotatable bonds is 8. The zero-order valence-electron chi connectivity index (χ0n) is 16.8. The van der Waals surface area contributed by atoms with Crippen molar-refractivity contribution < 1.29 is 14.4 Å². The molecule has 1 atom stereocenters. The monoisotopic (exact) mass is 455 g/mol. The zero-order valence-corrected chi connectivity index (χ0v) is 18.4. The van der Waals surface area contributed by atoms with Gasteiger partial charge in [0.25, 0.3) is 5.91 Å². The maximum atomic E-state index is 12.2. The molecule has 0 saturated heterocycles. The second-order valence-corrected chi connectivity index (χ2v) is 6.65. The third-order valence-electron chi connectivity index (χ3n) is 4.09. The number of carbonyl (C=O) groups is 3. The van der Waals surface area contributed by atoms with Crippen molar-refractivity contribution in [3.05, 3.63) is 59.9 Å². The summed E-state index contributed by atoms with van der Waals surface area (Å²) in [4.78, 5) is 39.7. The summed E-state index contributed by atoms with van der Waals surface area (Å²) in [6.07, 6.45) is 3.20. The number of aromatic nitrogens is 1. The number of nitrogens with one attached hydrogen (secondary N) is 3. The average molecular weight is 456 g/mol. The van der Waals surface area contributed by atoms with Gasteiger partial charge in [-0.15, -0.1) is 24.8 Å². The lowest BCUT2D eigenvalue weighted by Crippen LogP contribution is -2.47. The van der Waals surface area contributed by atoms with Crippen LogP contribution >= 0.6 is 24.8 Å². The van der Waals surface area contributed by atoms with E-state index < -0.39 is 6.04 Å². The highest BCUT2D eigenvalue weighted by atomic mass is 35.5. The van der Waals surface area contributed by atoms with Gasteiger partial charge in [-0.2, -0.15) is 0 Å².